The van der Waals surface area contributed by atoms with E-state index in [-0.39, 0.29) is 72.2 Å². The molecule has 6 atom stereocenters. The average molecular weight is 2020 g/mol. The Morgan fingerprint density at radius 2 is 0.822 bits per heavy atom. The molecule has 0 radical (unpaired) electrons. The number of aryl methyl sites for hydroxylation is 1. The van der Waals surface area contributed by atoms with Gasteiger partial charge in [0.1, 0.15) is 29.8 Å². The Kier molecular flexibility index (Phi) is 30.2. The number of aliphatic carboxylic acids is 2. The van der Waals surface area contributed by atoms with Gasteiger partial charge in [0.05, 0.1) is 75.6 Å². The summed E-state index contributed by atoms with van der Waals surface area (Å²) in [5, 5.41) is 36.6. The molecule has 0 aliphatic carbocycles. The number of esters is 4. The summed E-state index contributed by atoms with van der Waals surface area (Å²) in [4.78, 5) is 159. The number of nitrogens with one attached hydrogen (secondary N) is 3. The number of hydrogen-bond donors (Lipinski definition) is 5. The van der Waals surface area contributed by atoms with E-state index in [2.05, 4.69) is 61.5 Å². The molecule has 9 aromatic rings. The third-order valence-corrected chi connectivity index (χ3v) is 28.0. The van der Waals surface area contributed by atoms with Crippen molar-refractivity contribution >= 4 is 173 Å². The number of urea groups is 3. The zero-order chi connectivity index (χ0) is 95.0. The Morgan fingerprint density at radius 3 is 1.17 bits per heavy atom. The van der Waals surface area contributed by atoms with Crippen molar-refractivity contribution in [2.45, 2.75) is 68.9 Å². The lowest BCUT2D eigenvalue weighted by Crippen LogP contribution is -2.53. The summed E-state index contributed by atoms with van der Waals surface area (Å²) < 4.78 is 49.2. The summed E-state index contributed by atoms with van der Waals surface area (Å²) in [6, 6.07) is 32.3. The number of thiazole rings is 3. The van der Waals surface area contributed by atoms with Gasteiger partial charge in [0.25, 0.3) is 0 Å². The van der Waals surface area contributed by atoms with E-state index in [9.17, 15) is 51.9 Å². The van der Waals surface area contributed by atoms with Crippen LogP contribution in [0.4, 0.5) is 40.2 Å². The summed E-state index contributed by atoms with van der Waals surface area (Å²) in [5.74, 6) is -3.13. The van der Waals surface area contributed by atoms with Gasteiger partial charge in [-0.05, 0) is 108 Å². The number of methoxy groups -OCH3 is 3. The first-order valence-electron chi connectivity index (χ1n) is 43.0. The quantitative estimate of drug-likeness (QED) is 0.0248. The highest BCUT2D eigenvalue weighted by Gasteiger charge is 2.47. The summed E-state index contributed by atoms with van der Waals surface area (Å²) in [5.41, 5.74) is 9.00. The average Bonchev–Trinajstić information content (AvgIpc) is 1.32. The van der Waals surface area contributed by atoms with Crippen molar-refractivity contribution in [2.75, 3.05) is 141 Å². The largest absolute Gasteiger partial charge is 0.481 e. The maximum atomic E-state index is 14.1. The van der Waals surface area contributed by atoms with Crippen LogP contribution in [-0.2, 0) is 67.0 Å². The first-order valence-corrected chi connectivity index (χ1v) is 47.6. The first kappa shape index (κ1) is 95.7. The number of ether oxygens (including phenoxy) is 4. The fourth-order valence-corrected chi connectivity index (χ4v) is 20.8. The summed E-state index contributed by atoms with van der Waals surface area (Å²) in [7, 11) is 4.01. The lowest BCUT2D eigenvalue weighted by Gasteiger charge is -2.38. The zero-order valence-electron chi connectivity index (χ0n) is 73.1. The lowest BCUT2D eigenvalue weighted by atomic mass is 9.95. The number of benzene rings is 6. The number of carboxylic acid groups (broad SMARTS) is 2. The van der Waals surface area contributed by atoms with E-state index in [1.54, 1.807) is 113 Å². The van der Waals surface area contributed by atoms with Crippen LogP contribution in [-0.4, -0.2) is 270 Å². The number of carbonyl (C=O) groups excluding carboxylic acids is 7. The molecule has 12 heterocycles. The van der Waals surface area contributed by atoms with Gasteiger partial charge < -0.3 is 59.8 Å². The van der Waals surface area contributed by atoms with Gasteiger partial charge >= 0.3 is 53.9 Å². The number of halogens is 6. The van der Waals surface area contributed by atoms with E-state index in [0.717, 1.165) is 16.9 Å². The monoisotopic (exact) mass is 2020 g/mol. The van der Waals surface area contributed by atoms with E-state index in [0.29, 0.717) is 220 Å². The SMILES string of the molecule is CCOC(=O)C1=C(CN2CCN3C(=O)N(c4ccc(CC(=O)O)cc4)C[C@@H]3C2)NC(c2nccs2)=N[C@H]1c1ccc(F)cc1Br.COC(=O)C1=C(CN2CCN3C(=O)N(c4ccc(CC(=O)O)cc4)C[C@@H]3C2)NC(c2nccs2)=N[C@H]1c1ccc(Cl)cc1Cl.COC(=O)CCc1ccc(N2C[C@@H]3CN(CC4=C(C(=O)OC)[C@H](c5ccc(F)cc5Cl)N=C(c5nccs5)N4)CCN3C2=O)cc1. The van der Waals surface area contributed by atoms with Crippen molar-refractivity contribution in [3.05, 3.63) is 276 Å². The maximum absolute atomic E-state index is 14.1. The molecule has 18 rings (SSSR count). The number of aromatic nitrogens is 3. The number of amidine groups is 3. The minimum Gasteiger partial charge on any atom is -0.481 e. The summed E-state index contributed by atoms with van der Waals surface area (Å²) >= 11 is 27.0. The number of carbonyl (C=O) groups is 9. The van der Waals surface area contributed by atoms with E-state index in [4.69, 9.17) is 78.9 Å². The van der Waals surface area contributed by atoms with Crippen LogP contribution in [0, 0.1) is 11.6 Å². The van der Waals surface area contributed by atoms with Crippen LogP contribution in [0.15, 0.2) is 215 Å². The molecule has 702 valence electrons. The molecule has 0 bridgehead atoms. The Labute approximate surface area is 809 Å². The zero-order valence-corrected chi connectivity index (χ0v) is 79.4. The molecule has 9 aliphatic rings. The van der Waals surface area contributed by atoms with E-state index in [1.807, 2.05) is 55.1 Å². The molecule has 5 N–H and O–H groups in total. The van der Waals surface area contributed by atoms with Gasteiger partial charge in [0.2, 0.25) is 0 Å². The topological polar surface area (TPSA) is 372 Å². The highest BCUT2D eigenvalue weighted by molar-refractivity contribution is 9.10. The van der Waals surface area contributed by atoms with Crippen molar-refractivity contribution < 1.29 is 81.1 Å². The predicted octanol–water partition coefficient (Wildman–Crippen LogP) is 12.6. The normalized spacial score (nSPS) is 20.1. The fraction of sp³-hybridized carbons (Fsp3) is 0.323. The highest BCUT2D eigenvalue weighted by atomic mass is 79.9. The number of carboxylic acids is 2. The molecule has 6 saturated heterocycles. The molecule has 9 aliphatic heterocycles. The van der Waals surface area contributed by atoms with Crippen LogP contribution in [0.5, 0.6) is 0 Å². The second-order valence-corrected chi connectivity index (χ2v) is 37.3. The number of nitrogens with zero attached hydrogens (tertiary/aromatic N) is 15. The third-order valence-electron chi connectivity index (χ3n) is 24.1. The van der Waals surface area contributed by atoms with Gasteiger partial charge in [0, 0.05) is 204 Å². The smallest absolute Gasteiger partial charge is 0.338 e. The molecule has 6 fully saturated rings. The van der Waals surface area contributed by atoms with Gasteiger partial charge in [-0.15, -0.1) is 34.0 Å². The minimum atomic E-state index is -0.910. The molecule has 42 heteroatoms. The Morgan fingerprint density at radius 1 is 0.459 bits per heavy atom. The molecule has 135 heavy (non-hydrogen) atoms. The molecule has 6 amide bonds. The molecule has 3 aromatic heterocycles. The molecule has 33 nitrogen and oxygen atoms in total. The molecule has 0 saturated carbocycles. The van der Waals surface area contributed by atoms with E-state index >= 15 is 0 Å². The molecular weight excluding hydrogens is 1930 g/mol. The molecule has 0 spiro atoms. The minimum absolute atomic E-state index is 0.0542. The van der Waals surface area contributed by atoms with Crippen molar-refractivity contribution in [1.29, 1.82) is 0 Å². The lowest BCUT2D eigenvalue weighted by molar-refractivity contribution is -0.141. The second-order valence-electron chi connectivity index (χ2n) is 32.5. The Bertz CT molecular complexity index is 6220. The van der Waals surface area contributed by atoms with Crippen molar-refractivity contribution in [3.63, 3.8) is 0 Å². The van der Waals surface area contributed by atoms with Crippen LogP contribution in [0.2, 0.25) is 15.1 Å². The van der Waals surface area contributed by atoms with Gasteiger partial charge in [-0.2, -0.15) is 0 Å². The number of piperazine rings is 3. The van der Waals surface area contributed by atoms with Crippen molar-refractivity contribution in [2.24, 2.45) is 15.0 Å². The number of amides is 6. The van der Waals surface area contributed by atoms with Crippen LogP contribution in [0.1, 0.15) is 79.9 Å². The standard InChI is InChI=1S/C32H32ClFN6O5S.C31H30BrFN6O5S.C30H28Cl2N6O5S/c1-44-26(41)10-5-19-3-7-21(8-4-19)40-17-22-16-38(12-13-39(22)32(40)43)18-25-27(31(42)45-2)28(23-9-6-20(34)15-24(23)33)37-29(36-25)30-35-11-14-46-30;1-2-44-30(42)26-24(35-28(29-34-9-12-45-29)36-27(26)22-8-5-19(33)14-23(22)32)17-37-10-11-38-21(15-37)16-39(31(38)43)20-6-3-18(4-7-20)13-25(40)41;1-43-29(41)25-23(34-27(28-33-8-11-44-28)35-26(25)21-7-4-18(31)13-22(21)32)16-36-9-10-37-20(14-36)15-38(30(37)42)19-5-2-17(3-6-19)12-24(39)40/h3-4,6-9,11,14-15,22,28H,5,10,12-13,16-18H2,1-2H3,(H,36,37);3-9,12,14,21,27H,2,10-11,13,15-17H2,1H3,(H,35,36)(H,40,41);2-8,11,13,20,26H,9-10,12,14-16H2,1H3,(H,34,35)(H,39,40)/t22-,28-;21-,27-;20-,26-/m000/s1. The third kappa shape index (κ3) is 21.8. The van der Waals surface area contributed by atoms with Crippen LogP contribution >= 0.6 is 84.7 Å². The number of hydrogen-bond acceptors (Lipinski definition) is 28. The number of aliphatic imine (C=N–C) groups is 3. The van der Waals surface area contributed by atoms with E-state index in [1.165, 1.54) is 85.7 Å². The van der Waals surface area contributed by atoms with Crippen molar-refractivity contribution in [1.82, 2.24) is 60.3 Å². The Balaban J connectivity index is 0.000000147. The van der Waals surface area contributed by atoms with E-state index < -0.39 is 59.6 Å². The van der Waals surface area contributed by atoms with Crippen molar-refractivity contribution in [3.8, 4) is 0 Å². The second kappa shape index (κ2) is 42.6. The van der Waals surface area contributed by atoms with Gasteiger partial charge in [0.15, 0.2) is 32.5 Å². The van der Waals surface area contributed by atoms with Gasteiger partial charge in [-0.1, -0.05) is 105 Å². The number of rotatable bonds is 26. The van der Waals surface area contributed by atoms with Crippen LogP contribution in [0.3, 0.4) is 0 Å². The van der Waals surface area contributed by atoms with Crippen LogP contribution in [0.25, 0.3) is 0 Å². The number of anilines is 3. The number of fused-ring (bicyclic) bond motifs is 3. The Hall–Kier alpha value is -12.4. The maximum Gasteiger partial charge on any atom is 0.338 e. The predicted molar refractivity (Wildman–Crippen MR) is 509 cm³/mol. The molecule has 6 aromatic carbocycles. The fourth-order valence-electron chi connectivity index (χ4n) is 17.7. The molecule has 0 unspecified atom stereocenters. The van der Waals surface area contributed by atoms with Gasteiger partial charge in [-0.25, -0.2) is 52.5 Å². The molecular formula is C93H90BrCl3F2N18O15S3. The highest BCUT2D eigenvalue weighted by Crippen LogP contribution is 2.43. The summed E-state index contributed by atoms with van der Waals surface area (Å²) in [6.07, 6.45) is 5.74. The first-order chi connectivity index (χ1) is 65.2. The van der Waals surface area contributed by atoms with Gasteiger partial charge in [-0.3, -0.25) is 58.8 Å². The van der Waals surface area contributed by atoms with Crippen LogP contribution < -0.4 is 30.7 Å². The summed E-state index contributed by atoms with van der Waals surface area (Å²) in [6.45, 7) is 9.43.